The van der Waals surface area contributed by atoms with Crippen LogP contribution in [0.15, 0.2) is 42.6 Å². The molecule has 232 valence electrons. The third-order valence-corrected chi connectivity index (χ3v) is 7.63. The molecule has 12 heteroatoms. The fourth-order valence-electron chi connectivity index (χ4n) is 5.09. The van der Waals surface area contributed by atoms with E-state index in [1.165, 1.54) is 17.1 Å². The number of rotatable bonds is 19. The molecule has 12 nitrogen and oxygen atoms in total. The van der Waals surface area contributed by atoms with Crippen molar-refractivity contribution in [2.75, 3.05) is 13.1 Å². The largest absolute Gasteiger partial charge is 0.392 e. The summed E-state index contributed by atoms with van der Waals surface area (Å²) in [5.41, 5.74) is 7.38. The van der Waals surface area contributed by atoms with Gasteiger partial charge in [0.25, 0.3) is 11.8 Å². The van der Waals surface area contributed by atoms with Gasteiger partial charge in [0.05, 0.1) is 12.3 Å². The van der Waals surface area contributed by atoms with Crippen LogP contribution in [-0.4, -0.2) is 67.5 Å². The van der Waals surface area contributed by atoms with Crippen LogP contribution in [0.25, 0.3) is 0 Å². The van der Waals surface area contributed by atoms with Crippen LogP contribution < -0.4 is 11.1 Å². The van der Waals surface area contributed by atoms with Crippen LogP contribution in [0.4, 0.5) is 4.79 Å². The molecule has 0 bridgehead atoms. The number of aliphatic hydroxyl groups is 1. The number of aliphatic hydroxyl groups excluding tert-OH is 1. The molecule has 0 fully saturated rings. The highest BCUT2D eigenvalue weighted by atomic mass is 16.3. The number of ketones is 2. The van der Waals surface area contributed by atoms with Gasteiger partial charge < -0.3 is 16.2 Å². The molecule has 1 aliphatic heterocycles. The molecule has 0 spiro atoms. The summed E-state index contributed by atoms with van der Waals surface area (Å²) >= 11 is 0. The lowest BCUT2D eigenvalue weighted by molar-refractivity contribution is -0.137. The molecule has 4 N–H and O–H groups in total. The average molecular weight is 595 g/mol. The number of amides is 4. The molecule has 2 heterocycles. The Bertz CT molecular complexity index is 1280. The summed E-state index contributed by atoms with van der Waals surface area (Å²) in [6.07, 6.45) is 8.07. The van der Waals surface area contributed by atoms with Crippen molar-refractivity contribution in [2.24, 2.45) is 11.7 Å². The standard InChI is InChI=1S/C31H42N6O6/c1-21(2)25(18-24(39)7-4-3-5-16-36-29(41)13-14-30(36)42)26-19-37(35-34-26)27(8-6-15-33-31(32)43)28(40)17-22-9-11-23(20-38)12-10-22/h9-14,19,21,25,27,38H,3-8,15-18,20H2,1-2H3,(H3,32,33,43)/t25-,27-/m0/s1. The van der Waals surface area contributed by atoms with Crippen molar-refractivity contribution in [1.29, 1.82) is 0 Å². The van der Waals surface area contributed by atoms with Gasteiger partial charge in [0.2, 0.25) is 0 Å². The number of carbonyl (C=O) groups excluding carboxylic acids is 5. The lowest BCUT2D eigenvalue weighted by Gasteiger charge is -2.18. The Balaban J connectivity index is 1.60. The van der Waals surface area contributed by atoms with Crippen molar-refractivity contribution in [3.8, 4) is 0 Å². The Morgan fingerprint density at radius 2 is 1.65 bits per heavy atom. The summed E-state index contributed by atoms with van der Waals surface area (Å²) in [5, 5.41) is 20.5. The SMILES string of the molecule is CC(C)[C@H](CC(=O)CCCCCN1C(=O)C=CC1=O)c1cn([C@@H](CCCNC(N)=O)C(=O)Cc2ccc(CO)cc2)nn1. The van der Waals surface area contributed by atoms with Crippen LogP contribution in [0, 0.1) is 5.92 Å². The third kappa shape index (κ3) is 10.2. The minimum atomic E-state index is -0.631. The van der Waals surface area contributed by atoms with E-state index >= 15 is 0 Å². The molecule has 0 aliphatic carbocycles. The Morgan fingerprint density at radius 3 is 2.28 bits per heavy atom. The number of primary amides is 1. The molecule has 43 heavy (non-hydrogen) atoms. The maximum absolute atomic E-state index is 13.4. The summed E-state index contributed by atoms with van der Waals surface area (Å²) in [6, 6.07) is 5.92. The van der Waals surface area contributed by atoms with Gasteiger partial charge in [0, 0.05) is 56.6 Å². The Morgan fingerprint density at radius 1 is 0.977 bits per heavy atom. The first-order valence-corrected chi connectivity index (χ1v) is 14.8. The molecule has 4 amide bonds. The second-order valence-corrected chi connectivity index (χ2v) is 11.3. The predicted octanol–water partition coefficient (Wildman–Crippen LogP) is 2.76. The maximum Gasteiger partial charge on any atom is 0.312 e. The molecule has 0 saturated carbocycles. The van der Waals surface area contributed by atoms with Gasteiger partial charge in [-0.3, -0.25) is 24.1 Å². The van der Waals surface area contributed by atoms with E-state index in [2.05, 4.69) is 15.6 Å². The summed E-state index contributed by atoms with van der Waals surface area (Å²) in [5.74, 6) is -0.635. The number of benzene rings is 1. The molecule has 2 aromatic rings. The van der Waals surface area contributed by atoms with Gasteiger partial charge in [0.1, 0.15) is 11.8 Å². The van der Waals surface area contributed by atoms with Crippen LogP contribution in [0.5, 0.6) is 0 Å². The van der Waals surface area contributed by atoms with E-state index in [1.807, 2.05) is 26.0 Å². The van der Waals surface area contributed by atoms with E-state index in [-0.39, 0.29) is 48.2 Å². The van der Waals surface area contributed by atoms with E-state index < -0.39 is 12.1 Å². The Kier molecular flexibility index (Phi) is 12.7. The highest BCUT2D eigenvalue weighted by Gasteiger charge is 2.27. The van der Waals surface area contributed by atoms with Gasteiger partial charge in [-0.1, -0.05) is 49.7 Å². The number of nitrogens with zero attached hydrogens (tertiary/aromatic N) is 4. The molecule has 2 atom stereocenters. The highest BCUT2D eigenvalue weighted by Crippen LogP contribution is 2.29. The van der Waals surface area contributed by atoms with Crippen molar-refractivity contribution in [3.05, 3.63) is 59.4 Å². The first-order chi connectivity index (χ1) is 20.6. The molecular weight excluding hydrogens is 552 g/mol. The lowest BCUT2D eigenvalue weighted by atomic mass is 9.87. The molecule has 0 radical (unpaired) electrons. The second-order valence-electron chi connectivity index (χ2n) is 11.3. The van der Waals surface area contributed by atoms with Gasteiger partial charge >= 0.3 is 6.03 Å². The zero-order valence-corrected chi connectivity index (χ0v) is 24.9. The summed E-state index contributed by atoms with van der Waals surface area (Å²) in [4.78, 5) is 61.9. The zero-order chi connectivity index (χ0) is 31.4. The number of imide groups is 1. The van der Waals surface area contributed by atoms with Gasteiger partial charge in [-0.2, -0.15) is 0 Å². The van der Waals surface area contributed by atoms with E-state index in [9.17, 15) is 29.1 Å². The predicted molar refractivity (Wildman–Crippen MR) is 158 cm³/mol. The molecule has 0 unspecified atom stereocenters. The van der Waals surface area contributed by atoms with E-state index in [1.54, 1.807) is 23.0 Å². The second kappa shape index (κ2) is 16.4. The number of carbonyl (C=O) groups is 5. The minimum absolute atomic E-state index is 0.0717. The van der Waals surface area contributed by atoms with Crippen molar-refractivity contribution in [1.82, 2.24) is 25.2 Å². The van der Waals surface area contributed by atoms with Crippen molar-refractivity contribution < 1.29 is 29.1 Å². The zero-order valence-electron chi connectivity index (χ0n) is 24.9. The first-order valence-electron chi connectivity index (χ1n) is 14.8. The summed E-state index contributed by atoms with van der Waals surface area (Å²) in [6.45, 7) is 4.62. The number of urea groups is 1. The van der Waals surface area contributed by atoms with Crippen molar-refractivity contribution >= 4 is 29.4 Å². The summed E-state index contributed by atoms with van der Waals surface area (Å²) in [7, 11) is 0. The number of nitrogens with two attached hydrogens (primary N) is 1. The number of unbranched alkanes of at least 4 members (excludes halogenated alkanes) is 2. The van der Waals surface area contributed by atoms with E-state index in [0.717, 1.165) is 17.5 Å². The highest BCUT2D eigenvalue weighted by molar-refractivity contribution is 6.12. The van der Waals surface area contributed by atoms with Crippen LogP contribution in [0.2, 0.25) is 0 Å². The maximum atomic E-state index is 13.4. The minimum Gasteiger partial charge on any atom is -0.392 e. The number of nitrogens with one attached hydrogen (secondary N) is 1. The van der Waals surface area contributed by atoms with Crippen molar-refractivity contribution in [3.63, 3.8) is 0 Å². The monoisotopic (exact) mass is 594 g/mol. The fraction of sp³-hybridized carbons (Fsp3) is 0.516. The van der Waals surface area contributed by atoms with E-state index in [4.69, 9.17) is 5.73 Å². The number of aromatic nitrogens is 3. The molecule has 1 aliphatic rings. The number of Topliss-reactive ketones (excluding diaryl/α,β-unsaturated/α-hetero) is 2. The molecule has 1 aromatic heterocycles. The molecule has 3 rings (SSSR count). The van der Waals surface area contributed by atoms with Crippen molar-refractivity contribution in [2.45, 2.75) is 83.8 Å². The lowest BCUT2D eigenvalue weighted by Crippen LogP contribution is -2.31. The normalized spacial score (nSPS) is 14.4. The quantitative estimate of drug-likeness (QED) is 0.164. The molecular formula is C31H42N6O6. The third-order valence-electron chi connectivity index (χ3n) is 7.63. The van der Waals surface area contributed by atoms with Gasteiger partial charge in [0.15, 0.2) is 5.78 Å². The topological polar surface area (TPSA) is 178 Å². The number of hydrogen-bond acceptors (Lipinski definition) is 8. The smallest absolute Gasteiger partial charge is 0.312 e. The van der Waals surface area contributed by atoms with Gasteiger partial charge in [-0.25, -0.2) is 9.48 Å². The fourth-order valence-corrected chi connectivity index (χ4v) is 5.09. The first kappa shape index (κ1) is 33.3. The average Bonchev–Trinajstić information content (AvgIpc) is 3.57. The Hall–Kier alpha value is -4.19. The number of hydrogen-bond donors (Lipinski definition) is 3. The summed E-state index contributed by atoms with van der Waals surface area (Å²) < 4.78 is 1.56. The van der Waals surface area contributed by atoms with Gasteiger partial charge in [-0.05, 0) is 42.7 Å². The van der Waals surface area contributed by atoms with Crippen LogP contribution >= 0.6 is 0 Å². The van der Waals surface area contributed by atoms with Gasteiger partial charge in [-0.15, -0.1) is 5.10 Å². The molecule has 0 saturated heterocycles. The molecule has 1 aromatic carbocycles. The van der Waals surface area contributed by atoms with Crippen LogP contribution in [-0.2, 0) is 32.2 Å². The van der Waals surface area contributed by atoms with Crippen LogP contribution in [0.1, 0.15) is 87.6 Å². The van der Waals surface area contributed by atoms with E-state index in [0.29, 0.717) is 57.3 Å². The Labute approximate surface area is 251 Å². The van der Waals surface area contributed by atoms with Crippen LogP contribution in [0.3, 0.4) is 0 Å².